The van der Waals surface area contributed by atoms with Crippen LogP contribution < -0.4 is 5.32 Å². The highest BCUT2D eigenvalue weighted by Crippen LogP contribution is 2.39. The summed E-state index contributed by atoms with van der Waals surface area (Å²) in [5.41, 5.74) is 0.565. The summed E-state index contributed by atoms with van der Waals surface area (Å²) in [5.74, 6) is -2.10. The molecule has 0 bridgehead atoms. The highest BCUT2D eigenvalue weighted by Gasteiger charge is 2.48. The predicted molar refractivity (Wildman–Crippen MR) is 59.8 cm³/mol. The van der Waals surface area contributed by atoms with E-state index in [1.165, 1.54) is 6.20 Å². The molecule has 1 aromatic heterocycles. The van der Waals surface area contributed by atoms with E-state index in [0.29, 0.717) is 12.1 Å². The molecule has 16 heavy (non-hydrogen) atoms. The van der Waals surface area contributed by atoms with Gasteiger partial charge in [0, 0.05) is 10.7 Å². The van der Waals surface area contributed by atoms with Crippen LogP contribution in [-0.2, 0) is 9.59 Å². The molecule has 0 radical (unpaired) electrons. The Bertz CT molecular complexity index is 449. The molecule has 1 heterocycles. The molecule has 1 amide bonds. The molecule has 0 aromatic carbocycles. The van der Waals surface area contributed by atoms with Crippen molar-refractivity contribution in [3.63, 3.8) is 0 Å². The summed E-state index contributed by atoms with van der Waals surface area (Å²) < 4.78 is 0.760. The fourth-order valence-electron chi connectivity index (χ4n) is 1.47. The van der Waals surface area contributed by atoms with Crippen molar-refractivity contribution in [1.82, 2.24) is 4.98 Å². The maximum atomic E-state index is 11.6. The number of rotatable bonds is 3. The number of anilines is 1. The Morgan fingerprint density at radius 1 is 1.44 bits per heavy atom. The van der Waals surface area contributed by atoms with Gasteiger partial charge in [-0.15, -0.1) is 0 Å². The predicted octanol–water partition coefficient (Wildman–Crippen LogP) is 1.50. The minimum absolute atomic E-state index is 0.257. The second-order valence-electron chi connectivity index (χ2n) is 3.67. The van der Waals surface area contributed by atoms with Crippen LogP contribution in [0.3, 0.4) is 0 Å². The van der Waals surface area contributed by atoms with E-state index >= 15 is 0 Å². The molecule has 1 aliphatic carbocycles. The lowest BCUT2D eigenvalue weighted by Gasteiger charge is -2.03. The summed E-state index contributed by atoms with van der Waals surface area (Å²) in [6.45, 7) is 0. The van der Waals surface area contributed by atoms with Gasteiger partial charge in [-0.05, 0) is 28.4 Å². The Morgan fingerprint density at radius 2 is 2.19 bits per heavy atom. The summed E-state index contributed by atoms with van der Waals surface area (Å²) in [4.78, 5) is 26.1. The van der Waals surface area contributed by atoms with Crippen molar-refractivity contribution in [3.8, 4) is 0 Å². The molecule has 0 saturated heterocycles. The van der Waals surface area contributed by atoms with Gasteiger partial charge in [-0.3, -0.25) is 14.6 Å². The first-order valence-corrected chi connectivity index (χ1v) is 5.51. The first kappa shape index (κ1) is 11.1. The van der Waals surface area contributed by atoms with Crippen LogP contribution in [0.4, 0.5) is 5.69 Å². The number of amides is 1. The highest BCUT2D eigenvalue weighted by molar-refractivity contribution is 9.10. The quantitative estimate of drug-likeness (QED) is 0.882. The van der Waals surface area contributed by atoms with Gasteiger partial charge in [0.2, 0.25) is 5.91 Å². The third-order valence-corrected chi connectivity index (χ3v) is 2.85. The molecule has 6 heteroatoms. The summed E-state index contributed by atoms with van der Waals surface area (Å²) in [6, 6.07) is 1.71. The van der Waals surface area contributed by atoms with Crippen molar-refractivity contribution in [1.29, 1.82) is 0 Å². The lowest BCUT2D eigenvalue weighted by molar-refractivity contribution is -0.139. The standard InChI is InChI=1S/C10H9BrN2O3/c11-5-1-6(4-12-3-5)13-9(14)7-2-8(7)10(15)16/h1,3-4,7-8H,2H2,(H,13,14)(H,15,16). The van der Waals surface area contributed by atoms with E-state index in [1.54, 1.807) is 12.3 Å². The van der Waals surface area contributed by atoms with Gasteiger partial charge in [0.05, 0.1) is 23.7 Å². The SMILES string of the molecule is O=C(O)C1CC1C(=O)Nc1cncc(Br)c1. The van der Waals surface area contributed by atoms with Gasteiger partial charge in [-0.25, -0.2) is 0 Å². The first-order valence-electron chi connectivity index (χ1n) is 4.72. The van der Waals surface area contributed by atoms with Crippen LogP contribution in [0.1, 0.15) is 6.42 Å². The summed E-state index contributed by atoms with van der Waals surface area (Å²) >= 11 is 3.23. The van der Waals surface area contributed by atoms with Crippen LogP contribution in [0, 0.1) is 11.8 Å². The second-order valence-corrected chi connectivity index (χ2v) is 4.58. The van der Waals surface area contributed by atoms with Gasteiger partial charge in [0.25, 0.3) is 0 Å². The van der Waals surface area contributed by atoms with E-state index in [9.17, 15) is 9.59 Å². The first-order chi connectivity index (χ1) is 7.58. The monoisotopic (exact) mass is 284 g/mol. The number of carbonyl (C=O) groups excluding carboxylic acids is 1. The molecule has 2 rings (SSSR count). The molecule has 1 fully saturated rings. The smallest absolute Gasteiger partial charge is 0.307 e. The van der Waals surface area contributed by atoms with E-state index in [4.69, 9.17) is 5.11 Å². The maximum absolute atomic E-state index is 11.6. The summed E-state index contributed by atoms with van der Waals surface area (Å²) in [7, 11) is 0. The van der Waals surface area contributed by atoms with Crippen molar-refractivity contribution >= 4 is 33.5 Å². The van der Waals surface area contributed by atoms with Crippen molar-refractivity contribution < 1.29 is 14.7 Å². The summed E-state index contributed by atoms with van der Waals surface area (Å²) in [5, 5.41) is 11.3. The number of nitrogens with one attached hydrogen (secondary N) is 1. The molecule has 2 atom stereocenters. The molecule has 84 valence electrons. The van der Waals surface area contributed by atoms with E-state index in [2.05, 4.69) is 26.2 Å². The average molecular weight is 285 g/mol. The Kier molecular flexibility index (Phi) is 2.91. The lowest BCUT2D eigenvalue weighted by atomic mass is 10.3. The molecule has 0 spiro atoms. The van der Waals surface area contributed by atoms with E-state index in [0.717, 1.165) is 4.47 Å². The Morgan fingerprint density at radius 3 is 2.75 bits per heavy atom. The van der Waals surface area contributed by atoms with E-state index in [-0.39, 0.29) is 5.91 Å². The zero-order valence-corrected chi connectivity index (χ0v) is 9.77. The number of nitrogens with zero attached hydrogens (tertiary/aromatic N) is 1. The van der Waals surface area contributed by atoms with E-state index < -0.39 is 17.8 Å². The zero-order valence-electron chi connectivity index (χ0n) is 8.18. The molecule has 1 aromatic rings. The van der Waals surface area contributed by atoms with E-state index in [1.807, 2.05) is 0 Å². The Hall–Kier alpha value is -1.43. The van der Waals surface area contributed by atoms with Crippen molar-refractivity contribution in [2.75, 3.05) is 5.32 Å². The molecule has 1 aliphatic rings. The maximum Gasteiger partial charge on any atom is 0.307 e. The van der Waals surface area contributed by atoms with Crippen LogP contribution in [0.15, 0.2) is 22.9 Å². The summed E-state index contributed by atoms with van der Waals surface area (Å²) in [6.07, 6.45) is 3.54. The number of carbonyl (C=O) groups is 2. The number of aromatic nitrogens is 1. The molecular weight excluding hydrogens is 276 g/mol. The normalized spacial score (nSPS) is 22.6. The van der Waals surface area contributed by atoms with Gasteiger partial charge >= 0.3 is 5.97 Å². The average Bonchev–Trinajstić information content (AvgIpc) is 2.96. The number of carboxylic acids is 1. The lowest BCUT2D eigenvalue weighted by Crippen LogP contribution is -2.16. The largest absolute Gasteiger partial charge is 0.481 e. The highest BCUT2D eigenvalue weighted by atomic mass is 79.9. The number of hydrogen-bond acceptors (Lipinski definition) is 3. The molecule has 0 aliphatic heterocycles. The molecule has 1 saturated carbocycles. The Balaban J connectivity index is 1.96. The number of pyridine rings is 1. The van der Waals surface area contributed by atoms with Gasteiger partial charge in [-0.1, -0.05) is 0 Å². The molecular formula is C10H9BrN2O3. The Labute approximate surface area is 100 Å². The molecule has 2 N–H and O–H groups in total. The fraction of sp³-hybridized carbons (Fsp3) is 0.300. The topological polar surface area (TPSA) is 79.3 Å². The number of halogens is 1. The third-order valence-electron chi connectivity index (χ3n) is 2.42. The second kappa shape index (κ2) is 4.21. The van der Waals surface area contributed by atoms with Crippen molar-refractivity contribution in [3.05, 3.63) is 22.9 Å². The van der Waals surface area contributed by atoms with Crippen LogP contribution in [0.2, 0.25) is 0 Å². The number of aliphatic carboxylic acids is 1. The molecule has 5 nitrogen and oxygen atoms in total. The fourth-order valence-corrected chi connectivity index (χ4v) is 1.84. The number of carboxylic acid groups (broad SMARTS) is 1. The van der Waals surface area contributed by atoms with Gasteiger partial charge < -0.3 is 10.4 Å². The minimum Gasteiger partial charge on any atom is -0.481 e. The van der Waals surface area contributed by atoms with Crippen LogP contribution in [0.25, 0.3) is 0 Å². The van der Waals surface area contributed by atoms with Gasteiger partial charge in [0.15, 0.2) is 0 Å². The zero-order chi connectivity index (χ0) is 11.7. The van der Waals surface area contributed by atoms with Crippen molar-refractivity contribution in [2.24, 2.45) is 11.8 Å². The van der Waals surface area contributed by atoms with Gasteiger partial charge in [-0.2, -0.15) is 0 Å². The van der Waals surface area contributed by atoms with Crippen LogP contribution in [0.5, 0.6) is 0 Å². The molecule has 2 unspecified atom stereocenters. The third kappa shape index (κ3) is 2.38. The van der Waals surface area contributed by atoms with Crippen LogP contribution in [-0.4, -0.2) is 22.0 Å². The van der Waals surface area contributed by atoms with Crippen LogP contribution >= 0.6 is 15.9 Å². The minimum atomic E-state index is -0.910. The van der Waals surface area contributed by atoms with Crippen molar-refractivity contribution in [2.45, 2.75) is 6.42 Å². The van der Waals surface area contributed by atoms with Gasteiger partial charge in [0.1, 0.15) is 0 Å². The number of hydrogen-bond donors (Lipinski definition) is 2.